The van der Waals surface area contributed by atoms with Crippen molar-refractivity contribution in [1.29, 1.82) is 5.41 Å². The molecule has 0 amide bonds. The molecule has 0 spiro atoms. The minimum atomic E-state index is 0.368. The molecule has 0 saturated heterocycles. The fourth-order valence-electron chi connectivity index (χ4n) is 0.685. The summed E-state index contributed by atoms with van der Waals surface area (Å²) in [5, 5.41) is 19.3. The van der Waals surface area contributed by atoms with Crippen LogP contribution in [-0.2, 0) is 0 Å². The molecule has 0 fully saturated rings. The Morgan fingerprint density at radius 1 is 1.70 bits per heavy atom. The van der Waals surface area contributed by atoms with Crippen molar-refractivity contribution < 1.29 is 5.21 Å². The predicted molar refractivity (Wildman–Crippen MR) is 37.0 cm³/mol. The van der Waals surface area contributed by atoms with Crippen molar-refractivity contribution >= 4 is 5.69 Å². The first-order chi connectivity index (χ1) is 4.74. The van der Waals surface area contributed by atoms with Gasteiger partial charge in [-0.15, -0.1) is 0 Å². The van der Waals surface area contributed by atoms with Gasteiger partial charge in [-0.1, -0.05) is 0 Å². The molecule has 3 N–H and O–H groups in total. The summed E-state index contributed by atoms with van der Waals surface area (Å²) in [5.41, 5.74) is 0.602. The third-order valence-electron chi connectivity index (χ3n) is 1.21. The van der Waals surface area contributed by atoms with Crippen LogP contribution in [-0.4, -0.2) is 17.0 Å². The number of hydrogen-bond acceptors (Lipinski definition) is 3. The van der Waals surface area contributed by atoms with Crippen LogP contribution >= 0.6 is 0 Å². The second-order valence-corrected chi connectivity index (χ2v) is 1.90. The van der Waals surface area contributed by atoms with Crippen LogP contribution in [0.5, 0.6) is 0 Å². The van der Waals surface area contributed by atoms with Crippen molar-refractivity contribution in [2.75, 3.05) is 12.4 Å². The highest BCUT2D eigenvalue weighted by Gasteiger charge is 1.90. The summed E-state index contributed by atoms with van der Waals surface area (Å²) in [7, 11) is 1.70. The maximum Gasteiger partial charge on any atom is 0.0803 e. The van der Waals surface area contributed by atoms with Crippen LogP contribution in [0.1, 0.15) is 0 Å². The van der Waals surface area contributed by atoms with Gasteiger partial charge in [0.05, 0.1) is 17.2 Å². The fraction of sp³-hybridized carbons (Fsp3) is 0.167. The van der Waals surface area contributed by atoms with Crippen molar-refractivity contribution in [3.63, 3.8) is 0 Å². The first kappa shape index (κ1) is 6.67. The Hall–Kier alpha value is -1.45. The Morgan fingerprint density at radius 3 is 2.90 bits per heavy atom. The van der Waals surface area contributed by atoms with Crippen molar-refractivity contribution in [3.8, 4) is 0 Å². The number of pyridine rings is 1. The molecule has 4 nitrogen and oxygen atoms in total. The molecule has 0 radical (unpaired) electrons. The van der Waals surface area contributed by atoms with E-state index in [9.17, 15) is 0 Å². The van der Waals surface area contributed by atoms with Gasteiger partial charge in [-0.2, -0.15) is 4.73 Å². The number of anilines is 1. The van der Waals surface area contributed by atoms with E-state index in [1.54, 1.807) is 7.05 Å². The minimum absolute atomic E-state index is 0.368. The van der Waals surface area contributed by atoms with Gasteiger partial charge in [0, 0.05) is 13.2 Å². The van der Waals surface area contributed by atoms with E-state index in [4.69, 9.17) is 10.6 Å². The zero-order valence-electron chi connectivity index (χ0n) is 5.63. The van der Waals surface area contributed by atoms with Crippen LogP contribution in [0.3, 0.4) is 0 Å². The number of nitrogens with one attached hydrogen (secondary N) is 2. The molecule has 0 aliphatic carbocycles. The van der Waals surface area contributed by atoms with E-state index in [-0.39, 0.29) is 0 Å². The van der Waals surface area contributed by atoms with E-state index in [1.165, 1.54) is 18.5 Å². The molecule has 0 aliphatic heterocycles. The Bertz CT molecular complexity index is 279. The molecular formula is C6H9N3O. The zero-order valence-corrected chi connectivity index (χ0v) is 5.63. The van der Waals surface area contributed by atoms with E-state index in [0.29, 0.717) is 11.0 Å². The maximum absolute atomic E-state index is 8.86. The van der Waals surface area contributed by atoms with E-state index >= 15 is 0 Å². The highest BCUT2D eigenvalue weighted by Crippen LogP contribution is 1.93. The topological polar surface area (TPSA) is 61.0 Å². The van der Waals surface area contributed by atoms with Crippen LogP contribution in [0.4, 0.5) is 5.69 Å². The van der Waals surface area contributed by atoms with Gasteiger partial charge in [0.15, 0.2) is 0 Å². The largest absolute Gasteiger partial charge is 0.429 e. The number of hydrogen-bond donors (Lipinski definition) is 3. The standard InChI is InChI=1S/C6H9N3O/c1-8-6-4-9(10)3-2-5(6)7/h2-4,7-8,10H,1H3. The van der Waals surface area contributed by atoms with Crippen molar-refractivity contribution in [2.24, 2.45) is 0 Å². The lowest BCUT2D eigenvalue weighted by Gasteiger charge is -2.00. The molecule has 10 heavy (non-hydrogen) atoms. The van der Waals surface area contributed by atoms with Crippen LogP contribution in [0, 0.1) is 5.41 Å². The first-order valence-electron chi connectivity index (χ1n) is 2.88. The van der Waals surface area contributed by atoms with E-state index in [1.807, 2.05) is 0 Å². The molecule has 4 heteroatoms. The van der Waals surface area contributed by atoms with Gasteiger partial charge < -0.3 is 10.5 Å². The highest BCUT2D eigenvalue weighted by atomic mass is 16.5. The molecule has 0 atom stereocenters. The van der Waals surface area contributed by atoms with Gasteiger partial charge in [-0.25, -0.2) is 0 Å². The molecule has 0 aliphatic rings. The molecule has 1 aromatic heterocycles. The van der Waals surface area contributed by atoms with Crippen LogP contribution in [0.25, 0.3) is 0 Å². The average Bonchev–Trinajstić information content (AvgIpc) is 1.94. The number of nitrogens with zero attached hydrogens (tertiary/aromatic N) is 1. The first-order valence-corrected chi connectivity index (χ1v) is 2.88. The number of aromatic nitrogens is 1. The monoisotopic (exact) mass is 139 g/mol. The predicted octanol–water partition coefficient (Wildman–Crippen LogP) is 0.247. The SMILES string of the molecule is CNc1cn(O)ccc1=N. The lowest BCUT2D eigenvalue weighted by atomic mass is 10.4. The van der Waals surface area contributed by atoms with Gasteiger partial charge >= 0.3 is 0 Å². The van der Waals surface area contributed by atoms with Crippen molar-refractivity contribution in [2.45, 2.75) is 0 Å². The van der Waals surface area contributed by atoms with Crippen molar-refractivity contribution in [1.82, 2.24) is 4.73 Å². The Kier molecular flexibility index (Phi) is 1.62. The third-order valence-corrected chi connectivity index (χ3v) is 1.21. The molecule has 0 bridgehead atoms. The summed E-state index contributed by atoms with van der Waals surface area (Å²) < 4.78 is 0.907. The molecule has 0 unspecified atom stereocenters. The van der Waals surface area contributed by atoms with Gasteiger partial charge in [0.25, 0.3) is 0 Å². The zero-order chi connectivity index (χ0) is 7.56. The highest BCUT2D eigenvalue weighted by molar-refractivity contribution is 5.37. The Labute approximate surface area is 58.2 Å². The molecule has 1 heterocycles. The van der Waals surface area contributed by atoms with Gasteiger partial charge in [-0.3, -0.25) is 5.41 Å². The molecule has 1 aromatic rings. The van der Waals surface area contributed by atoms with Gasteiger partial charge in [-0.05, 0) is 6.07 Å². The third kappa shape index (κ3) is 1.10. The summed E-state index contributed by atoms with van der Waals surface area (Å²) in [5.74, 6) is 0. The number of rotatable bonds is 1. The second kappa shape index (κ2) is 2.43. The summed E-state index contributed by atoms with van der Waals surface area (Å²) in [4.78, 5) is 0. The van der Waals surface area contributed by atoms with Crippen LogP contribution in [0.15, 0.2) is 18.5 Å². The lowest BCUT2D eigenvalue weighted by molar-refractivity contribution is 0.184. The smallest absolute Gasteiger partial charge is 0.0803 e. The molecule has 0 saturated carbocycles. The van der Waals surface area contributed by atoms with Gasteiger partial charge in [0.2, 0.25) is 0 Å². The van der Waals surface area contributed by atoms with Crippen LogP contribution in [0.2, 0.25) is 0 Å². The molecule has 1 rings (SSSR count). The average molecular weight is 139 g/mol. The summed E-state index contributed by atoms with van der Waals surface area (Å²) in [6.07, 6.45) is 2.84. The summed E-state index contributed by atoms with van der Waals surface area (Å²) in [6.45, 7) is 0. The maximum atomic E-state index is 8.86. The Morgan fingerprint density at radius 2 is 2.40 bits per heavy atom. The molecule has 54 valence electrons. The van der Waals surface area contributed by atoms with E-state index < -0.39 is 0 Å². The summed E-state index contributed by atoms with van der Waals surface area (Å²) >= 11 is 0. The molecular weight excluding hydrogens is 130 g/mol. The van der Waals surface area contributed by atoms with Gasteiger partial charge in [0.1, 0.15) is 0 Å². The fourth-order valence-corrected chi connectivity index (χ4v) is 0.685. The van der Waals surface area contributed by atoms with Crippen molar-refractivity contribution in [3.05, 3.63) is 23.8 Å². The van der Waals surface area contributed by atoms with Crippen LogP contribution < -0.4 is 10.7 Å². The van der Waals surface area contributed by atoms with E-state index in [0.717, 1.165) is 4.73 Å². The molecule has 0 aromatic carbocycles. The lowest BCUT2D eigenvalue weighted by Crippen LogP contribution is -2.09. The minimum Gasteiger partial charge on any atom is -0.429 e. The quantitative estimate of drug-likeness (QED) is 0.488. The summed E-state index contributed by atoms with van der Waals surface area (Å²) in [6, 6.07) is 1.51. The normalized spacial score (nSPS) is 9.30. The second-order valence-electron chi connectivity index (χ2n) is 1.90. The Balaban J connectivity index is 3.22. The van der Waals surface area contributed by atoms with E-state index in [2.05, 4.69) is 5.32 Å².